The normalized spacial score (nSPS) is 21.5. The number of nitrogens with one attached hydrogen (secondary N) is 1. The molecule has 2 amide bonds. The molecule has 1 unspecified atom stereocenters. The Morgan fingerprint density at radius 1 is 1.52 bits per heavy atom. The van der Waals surface area contributed by atoms with Crippen LogP contribution in [0, 0.1) is 5.41 Å². The zero-order valence-corrected chi connectivity index (χ0v) is 12.5. The Kier molecular flexibility index (Phi) is 4.50. The molecule has 0 aliphatic carbocycles. The molecule has 1 atom stereocenters. The van der Waals surface area contributed by atoms with E-state index in [9.17, 15) is 14.7 Å². The van der Waals surface area contributed by atoms with Gasteiger partial charge in [0.1, 0.15) is 0 Å². The summed E-state index contributed by atoms with van der Waals surface area (Å²) in [6.45, 7) is 3.15. The third kappa shape index (κ3) is 3.34. The minimum Gasteiger partial charge on any atom is -0.481 e. The van der Waals surface area contributed by atoms with Crippen molar-refractivity contribution in [2.75, 3.05) is 13.1 Å². The van der Waals surface area contributed by atoms with Crippen LogP contribution in [0.25, 0.3) is 0 Å². The number of aryl methyl sites for hydroxylation is 1. The second kappa shape index (κ2) is 6.15. The van der Waals surface area contributed by atoms with Crippen molar-refractivity contribution in [3.63, 3.8) is 0 Å². The van der Waals surface area contributed by atoms with Gasteiger partial charge in [-0.1, -0.05) is 13.3 Å². The third-order valence-electron chi connectivity index (χ3n) is 4.03. The average molecular weight is 294 g/mol. The number of nitrogens with zero attached hydrogens (tertiary/aromatic N) is 3. The number of carbonyl (C=O) groups excluding carboxylic acids is 1. The summed E-state index contributed by atoms with van der Waals surface area (Å²) in [5.74, 6) is -0.799. The third-order valence-corrected chi connectivity index (χ3v) is 4.03. The number of likely N-dealkylation sites (tertiary alicyclic amines) is 1. The van der Waals surface area contributed by atoms with E-state index in [0.717, 1.165) is 12.0 Å². The van der Waals surface area contributed by atoms with Gasteiger partial charge in [0.15, 0.2) is 0 Å². The second-order valence-electron chi connectivity index (χ2n) is 5.69. The van der Waals surface area contributed by atoms with Crippen molar-refractivity contribution in [1.29, 1.82) is 0 Å². The summed E-state index contributed by atoms with van der Waals surface area (Å²) < 4.78 is 1.67. The molecule has 2 rings (SSSR count). The molecule has 2 N–H and O–H groups in total. The van der Waals surface area contributed by atoms with Crippen LogP contribution in [0.5, 0.6) is 0 Å². The quantitative estimate of drug-likeness (QED) is 0.854. The summed E-state index contributed by atoms with van der Waals surface area (Å²) in [7, 11) is 1.82. The molecule has 1 aromatic rings. The van der Waals surface area contributed by atoms with Crippen LogP contribution in [-0.2, 0) is 18.4 Å². The number of carboxylic acids is 1. The topological polar surface area (TPSA) is 87.5 Å². The van der Waals surface area contributed by atoms with Crippen LogP contribution in [0.2, 0.25) is 0 Å². The van der Waals surface area contributed by atoms with Gasteiger partial charge in [0.25, 0.3) is 0 Å². The summed E-state index contributed by atoms with van der Waals surface area (Å²) in [5, 5.41) is 16.3. The van der Waals surface area contributed by atoms with Gasteiger partial charge < -0.3 is 15.3 Å². The maximum absolute atomic E-state index is 12.1. The summed E-state index contributed by atoms with van der Waals surface area (Å²) >= 11 is 0. The smallest absolute Gasteiger partial charge is 0.317 e. The van der Waals surface area contributed by atoms with E-state index in [4.69, 9.17) is 0 Å². The molecular formula is C14H22N4O3. The minimum atomic E-state index is -0.799. The second-order valence-corrected chi connectivity index (χ2v) is 5.69. The van der Waals surface area contributed by atoms with Crippen molar-refractivity contribution in [2.45, 2.75) is 32.7 Å². The molecule has 0 saturated carbocycles. The Morgan fingerprint density at radius 2 is 2.29 bits per heavy atom. The fourth-order valence-electron chi connectivity index (χ4n) is 2.86. The molecule has 1 fully saturated rings. The Balaban J connectivity index is 1.91. The molecule has 7 heteroatoms. The van der Waals surface area contributed by atoms with E-state index in [1.54, 1.807) is 15.8 Å². The van der Waals surface area contributed by atoms with Gasteiger partial charge in [0.05, 0.1) is 11.6 Å². The van der Waals surface area contributed by atoms with Crippen molar-refractivity contribution in [2.24, 2.45) is 12.5 Å². The van der Waals surface area contributed by atoms with Crippen LogP contribution in [0.3, 0.4) is 0 Å². The van der Waals surface area contributed by atoms with Crippen LogP contribution >= 0.6 is 0 Å². The van der Waals surface area contributed by atoms with Crippen LogP contribution < -0.4 is 5.32 Å². The summed E-state index contributed by atoms with van der Waals surface area (Å²) in [6.07, 6.45) is 5.47. The first-order chi connectivity index (χ1) is 9.97. The largest absolute Gasteiger partial charge is 0.481 e. The number of amides is 2. The SMILES string of the molecule is CCCC1(C(=O)O)CCN(C(=O)NCc2cnn(C)c2)C1. The van der Waals surface area contributed by atoms with Crippen molar-refractivity contribution in [3.8, 4) is 0 Å². The van der Waals surface area contributed by atoms with Crippen LogP contribution in [0.15, 0.2) is 12.4 Å². The summed E-state index contributed by atoms with van der Waals surface area (Å²) in [4.78, 5) is 25.2. The van der Waals surface area contributed by atoms with E-state index in [0.29, 0.717) is 25.9 Å². The molecule has 1 aromatic heterocycles. The molecular weight excluding hydrogens is 272 g/mol. The first-order valence-electron chi connectivity index (χ1n) is 7.20. The van der Waals surface area contributed by atoms with E-state index in [2.05, 4.69) is 10.4 Å². The summed E-state index contributed by atoms with van der Waals surface area (Å²) in [6, 6.07) is -0.210. The highest BCUT2D eigenvalue weighted by molar-refractivity contribution is 5.79. The molecule has 21 heavy (non-hydrogen) atoms. The lowest BCUT2D eigenvalue weighted by atomic mass is 9.83. The van der Waals surface area contributed by atoms with Gasteiger partial charge >= 0.3 is 12.0 Å². The molecule has 1 aliphatic heterocycles. The summed E-state index contributed by atoms with van der Waals surface area (Å²) in [5.41, 5.74) is 0.142. The fraction of sp³-hybridized carbons (Fsp3) is 0.643. The van der Waals surface area contributed by atoms with Crippen molar-refractivity contribution in [3.05, 3.63) is 18.0 Å². The van der Waals surface area contributed by atoms with Gasteiger partial charge in [-0.15, -0.1) is 0 Å². The van der Waals surface area contributed by atoms with Gasteiger partial charge in [0.2, 0.25) is 0 Å². The van der Waals surface area contributed by atoms with Crippen LogP contribution in [0.4, 0.5) is 4.79 Å². The van der Waals surface area contributed by atoms with E-state index < -0.39 is 11.4 Å². The monoisotopic (exact) mass is 294 g/mol. The van der Waals surface area contributed by atoms with Gasteiger partial charge in [-0.05, 0) is 12.8 Å². The zero-order chi connectivity index (χ0) is 15.5. The molecule has 0 radical (unpaired) electrons. The molecule has 2 heterocycles. The first kappa shape index (κ1) is 15.3. The number of hydrogen-bond acceptors (Lipinski definition) is 3. The molecule has 0 aromatic carbocycles. The number of urea groups is 1. The van der Waals surface area contributed by atoms with Crippen LogP contribution in [-0.4, -0.2) is 44.9 Å². The highest BCUT2D eigenvalue weighted by Crippen LogP contribution is 2.35. The maximum atomic E-state index is 12.1. The fourth-order valence-corrected chi connectivity index (χ4v) is 2.86. The Labute approximate surface area is 123 Å². The number of carbonyl (C=O) groups is 2. The molecule has 0 spiro atoms. The molecule has 1 saturated heterocycles. The number of hydrogen-bond donors (Lipinski definition) is 2. The van der Waals surface area contributed by atoms with Gasteiger partial charge in [0, 0.05) is 38.4 Å². The number of carboxylic acid groups (broad SMARTS) is 1. The number of aromatic nitrogens is 2. The molecule has 7 nitrogen and oxygen atoms in total. The Hall–Kier alpha value is -2.05. The lowest BCUT2D eigenvalue weighted by Crippen LogP contribution is -2.41. The lowest BCUT2D eigenvalue weighted by Gasteiger charge is -2.24. The van der Waals surface area contributed by atoms with Crippen molar-refractivity contribution in [1.82, 2.24) is 20.0 Å². The van der Waals surface area contributed by atoms with E-state index in [1.807, 2.05) is 20.2 Å². The first-order valence-corrected chi connectivity index (χ1v) is 7.20. The van der Waals surface area contributed by atoms with Gasteiger partial charge in [-0.2, -0.15) is 5.10 Å². The highest BCUT2D eigenvalue weighted by atomic mass is 16.4. The number of rotatable bonds is 5. The predicted octanol–water partition coefficient (Wildman–Crippen LogP) is 1.21. The van der Waals surface area contributed by atoms with Crippen molar-refractivity contribution < 1.29 is 14.7 Å². The molecule has 1 aliphatic rings. The minimum absolute atomic E-state index is 0.210. The number of aliphatic carboxylic acids is 1. The Bertz CT molecular complexity index is 528. The maximum Gasteiger partial charge on any atom is 0.317 e. The van der Waals surface area contributed by atoms with Crippen LogP contribution in [0.1, 0.15) is 31.7 Å². The zero-order valence-electron chi connectivity index (χ0n) is 12.5. The molecule has 0 bridgehead atoms. The van der Waals surface area contributed by atoms with Gasteiger partial charge in [-0.3, -0.25) is 9.48 Å². The molecule has 116 valence electrons. The highest BCUT2D eigenvalue weighted by Gasteiger charge is 2.45. The Morgan fingerprint density at radius 3 is 2.86 bits per heavy atom. The standard InChI is InChI=1S/C14H22N4O3/c1-3-4-14(12(19)20)5-6-18(10-14)13(21)15-7-11-8-16-17(2)9-11/h8-9H,3-7,10H2,1-2H3,(H,15,21)(H,19,20). The van der Waals surface area contributed by atoms with E-state index in [1.165, 1.54) is 0 Å². The predicted molar refractivity (Wildman–Crippen MR) is 76.6 cm³/mol. The van der Waals surface area contributed by atoms with E-state index >= 15 is 0 Å². The average Bonchev–Trinajstić information content (AvgIpc) is 3.04. The van der Waals surface area contributed by atoms with Crippen molar-refractivity contribution >= 4 is 12.0 Å². The van der Waals surface area contributed by atoms with Gasteiger partial charge in [-0.25, -0.2) is 4.79 Å². The lowest BCUT2D eigenvalue weighted by molar-refractivity contribution is -0.148. The van der Waals surface area contributed by atoms with E-state index in [-0.39, 0.29) is 12.6 Å².